The van der Waals surface area contributed by atoms with Crippen molar-refractivity contribution in [2.75, 3.05) is 17.2 Å². The van der Waals surface area contributed by atoms with Crippen LogP contribution in [0.2, 0.25) is 0 Å². The van der Waals surface area contributed by atoms with Gasteiger partial charge in [-0.2, -0.15) is 15.0 Å². The summed E-state index contributed by atoms with van der Waals surface area (Å²) < 4.78 is 0. The second-order valence-corrected chi connectivity index (χ2v) is 4.96. The van der Waals surface area contributed by atoms with Gasteiger partial charge in [-0.15, -0.1) is 0 Å². The molecule has 0 saturated carbocycles. The van der Waals surface area contributed by atoms with Gasteiger partial charge in [0.2, 0.25) is 17.8 Å². The summed E-state index contributed by atoms with van der Waals surface area (Å²) in [5.41, 5.74) is 15.2. The second-order valence-electron chi connectivity index (χ2n) is 4.96. The molecule has 29 heavy (non-hydrogen) atoms. The fourth-order valence-corrected chi connectivity index (χ4v) is 1.64. The summed E-state index contributed by atoms with van der Waals surface area (Å²) in [6.07, 6.45) is 0. The first-order valence-electron chi connectivity index (χ1n) is 7.48. The number of nitrogens with two attached hydrogens (primary N) is 3. The second kappa shape index (κ2) is 10.4. The normalized spacial score (nSPS) is 9.24. The molecule has 1 heterocycles. The van der Waals surface area contributed by atoms with Gasteiger partial charge in [-0.1, -0.05) is 12.1 Å². The standard InChI is InChI=1S/2C6H5NO3.C3H6N6/c2*8-6-3-1-2-5(4-6)7(9)10;4-1-7-2(5)9-3(6)8-1/h2*1-4,8H;(H6,4,5,6,7,8,9). The number of phenols is 2. The predicted octanol–water partition coefficient (Wildman–Crippen LogP) is 1.22. The Labute approximate surface area is 162 Å². The highest BCUT2D eigenvalue weighted by Crippen LogP contribution is 2.17. The molecule has 152 valence electrons. The third-order valence-electron chi connectivity index (χ3n) is 2.77. The van der Waals surface area contributed by atoms with E-state index in [1.807, 2.05) is 0 Å². The van der Waals surface area contributed by atoms with Gasteiger partial charge < -0.3 is 27.4 Å². The summed E-state index contributed by atoms with van der Waals surface area (Å²) >= 11 is 0. The SMILES string of the molecule is Nc1nc(N)nc(N)n1.O=[N+]([O-])c1cccc(O)c1.O=[N+]([O-])c1cccc(O)c1. The lowest BCUT2D eigenvalue weighted by atomic mass is 10.3. The highest BCUT2D eigenvalue weighted by Gasteiger charge is 2.04. The van der Waals surface area contributed by atoms with Crippen LogP contribution in [0.3, 0.4) is 0 Å². The number of aromatic nitrogens is 3. The van der Waals surface area contributed by atoms with Gasteiger partial charge in [0.05, 0.1) is 22.0 Å². The number of benzene rings is 2. The Kier molecular flexibility index (Phi) is 8.00. The molecule has 0 atom stereocenters. The maximum atomic E-state index is 10.0. The smallest absolute Gasteiger partial charge is 0.273 e. The van der Waals surface area contributed by atoms with Crippen LogP contribution in [0.4, 0.5) is 29.2 Å². The molecule has 0 aliphatic heterocycles. The van der Waals surface area contributed by atoms with Crippen LogP contribution in [0.15, 0.2) is 48.5 Å². The van der Waals surface area contributed by atoms with Crippen molar-refractivity contribution in [2.24, 2.45) is 0 Å². The van der Waals surface area contributed by atoms with Gasteiger partial charge in [-0.05, 0) is 12.1 Å². The first-order chi connectivity index (χ1) is 13.6. The van der Waals surface area contributed by atoms with Crippen LogP contribution in [0, 0.1) is 20.2 Å². The van der Waals surface area contributed by atoms with Crippen molar-refractivity contribution in [1.82, 2.24) is 15.0 Å². The molecule has 0 radical (unpaired) electrons. The van der Waals surface area contributed by atoms with Crippen molar-refractivity contribution in [2.45, 2.75) is 0 Å². The Hall–Kier alpha value is -4.75. The van der Waals surface area contributed by atoms with Crippen molar-refractivity contribution >= 4 is 29.2 Å². The number of nitro groups is 2. The Bertz CT molecular complexity index is 894. The fourth-order valence-electron chi connectivity index (χ4n) is 1.64. The fraction of sp³-hybridized carbons (Fsp3) is 0. The van der Waals surface area contributed by atoms with E-state index in [1.54, 1.807) is 0 Å². The minimum atomic E-state index is -0.556. The van der Waals surface area contributed by atoms with E-state index in [4.69, 9.17) is 27.4 Å². The molecule has 0 aliphatic rings. The quantitative estimate of drug-likeness (QED) is 0.299. The molecule has 3 aromatic rings. The number of anilines is 3. The maximum absolute atomic E-state index is 10.0. The Morgan fingerprint density at radius 1 is 0.690 bits per heavy atom. The molecule has 14 heteroatoms. The summed E-state index contributed by atoms with van der Waals surface area (Å²) in [4.78, 5) is 29.4. The Morgan fingerprint density at radius 3 is 1.21 bits per heavy atom. The molecule has 3 rings (SSSR count). The van der Waals surface area contributed by atoms with Gasteiger partial charge in [0.1, 0.15) is 11.5 Å². The topological polar surface area (TPSA) is 243 Å². The number of aromatic hydroxyl groups is 2. The van der Waals surface area contributed by atoms with Crippen LogP contribution in [-0.4, -0.2) is 35.0 Å². The summed E-state index contributed by atoms with van der Waals surface area (Å²) in [5.74, 6) is -0.0524. The minimum absolute atomic E-state index is 0.0417. The van der Waals surface area contributed by atoms with E-state index in [-0.39, 0.29) is 40.7 Å². The van der Waals surface area contributed by atoms with Gasteiger partial charge in [0.15, 0.2) is 0 Å². The van der Waals surface area contributed by atoms with E-state index in [2.05, 4.69) is 15.0 Å². The first-order valence-corrected chi connectivity index (χ1v) is 7.48. The van der Waals surface area contributed by atoms with Crippen LogP contribution < -0.4 is 17.2 Å². The van der Waals surface area contributed by atoms with Crippen LogP contribution >= 0.6 is 0 Å². The number of phenolic OH excluding ortho intramolecular Hbond substituents is 2. The maximum Gasteiger partial charge on any atom is 0.273 e. The molecule has 8 N–H and O–H groups in total. The third kappa shape index (κ3) is 8.45. The summed E-state index contributed by atoms with van der Waals surface area (Å²) in [5, 5.41) is 37.6. The first kappa shape index (κ1) is 22.3. The highest BCUT2D eigenvalue weighted by atomic mass is 16.6. The van der Waals surface area contributed by atoms with E-state index in [9.17, 15) is 20.2 Å². The number of nitrogens with zero attached hydrogens (tertiary/aromatic N) is 5. The summed E-state index contributed by atoms with van der Waals surface area (Å²) in [6.45, 7) is 0. The number of nitro benzene ring substituents is 2. The van der Waals surface area contributed by atoms with E-state index >= 15 is 0 Å². The largest absolute Gasteiger partial charge is 0.508 e. The molecule has 0 fully saturated rings. The van der Waals surface area contributed by atoms with Crippen molar-refractivity contribution in [3.05, 3.63) is 68.8 Å². The van der Waals surface area contributed by atoms with Gasteiger partial charge in [-0.3, -0.25) is 20.2 Å². The summed E-state index contributed by atoms with van der Waals surface area (Å²) in [6, 6.07) is 10.4. The zero-order chi connectivity index (χ0) is 22.0. The van der Waals surface area contributed by atoms with Crippen molar-refractivity contribution in [3.63, 3.8) is 0 Å². The predicted molar refractivity (Wildman–Crippen MR) is 103 cm³/mol. The third-order valence-corrected chi connectivity index (χ3v) is 2.77. The van der Waals surface area contributed by atoms with Crippen molar-refractivity contribution in [3.8, 4) is 11.5 Å². The molecule has 1 aromatic heterocycles. The Morgan fingerprint density at radius 2 is 1.00 bits per heavy atom. The zero-order valence-corrected chi connectivity index (χ0v) is 14.6. The molecule has 0 amide bonds. The number of rotatable bonds is 2. The number of hydrogen-bond acceptors (Lipinski definition) is 12. The van der Waals surface area contributed by atoms with Crippen LogP contribution in [0.5, 0.6) is 11.5 Å². The molecule has 0 unspecified atom stereocenters. The van der Waals surface area contributed by atoms with E-state index < -0.39 is 9.85 Å². The van der Waals surface area contributed by atoms with Gasteiger partial charge >= 0.3 is 0 Å². The van der Waals surface area contributed by atoms with Crippen LogP contribution in [0.25, 0.3) is 0 Å². The van der Waals surface area contributed by atoms with Gasteiger partial charge in [0, 0.05) is 12.1 Å². The lowest BCUT2D eigenvalue weighted by molar-refractivity contribution is -0.385. The number of non-ortho nitro benzene ring substituents is 2. The van der Waals surface area contributed by atoms with Crippen LogP contribution in [-0.2, 0) is 0 Å². The summed E-state index contributed by atoms with van der Waals surface area (Å²) in [7, 11) is 0. The Balaban J connectivity index is 0.000000218. The monoisotopic (exact) mass is 404 g/mol. The average molecular weight is 404 g/mol. The van der Waals surface area contributed by atoms with Gasteiger partial charge in [0.25, 0.3) is 11.4 Å². The highest BCUT2D eigenvalue weighted by molar-refractivity contribution is 5.37. The van der Waals surface area contributed by atoms with Gasteiger partial charge in [-0.25, -0.2) is 0 Å². The van der Waals surface area contributed by atoms with E-state index in [0.717, 1.165) is 12.1 Å². The number of hydrogen-bond donors (Lipinski definition) is 5. The lowest BCUT2D eigenvalue weighted by Crippen LogP contribution is -2.05. The van der Waals surface area contributed by atoms with Crippen LogP contribution in [0.1, 0.15) is 0 Å². The molecule has 2 aromatic carbocycles. The molecule has 0 saturated heterocycles. The molecular formula is C15H16N8O6. The number of nitrogen functional groups attached to an aromatic ring is 3. The molecule has 14 nitrogen and oxygen atoms in total. The molecule has 0 bridgehead atoms. The minimum Gasteiger partial charge on any atom is -0.508 e. The molecular weight excluding hydrogens is 388 g/mol. The zero-order valence-electron chi connectivity index (χ0n) is 14.6. The van der Waals surface area contributed by atoms with E-state index in [1.165, 1.54) is 36.4 Å². The lowest BCUT2D eigenvalue weighted by Gasteiger charge is -1.93. The van der Waals surface area contributed by atoms with Crippen molar-refractivity contribution in [1.29, 1.82) is 0 Å². The van der Waals surface area contributed by atoms with Crippen molar-refractivity contribution < 1.29 is 20.1 Å². The molecule has 0 aliphatic carbocycles. The molecule has 0 spiro atoms. The van der Waals surface area contributed by atoms with E-state index in [0.29, 0.717) is 0 Å². The average Bonchev–Trinajstić information content (AvgIpc) is 2.61.